The molecule has 36 heavy (non-hydrogen) atoms. The maximum atomic E-state index is 13.8. The highest BCUT2D eigenvalue weighted by Crippen LogP contribution is 2.38. The van der Waals surface area contributed by atoms with E-state index in [2.05, 4.69) is 6.58 Å². The first-order valence-electron chi connectivity index (χ1n) is 11.9. The number of halogens is 3. The Morgan fingerprint density at radius 2 is 1.89 bits per heavy atom. The van der Waals surface area contributed by atoms with Gasteiger partial charge in [0.2, 0.25) is 0 Å². The molecule has 1 saturated heterocycles. The highest BCUT2D eigenvalue weighted by Gasteiger charge is 2.36. The number of aliphatic hydroxyl groups excluding tert-OH is 1. The smallest absolute Gasteiger partial charge is 0.393 e. The predicted molar refractivity (Wildman–Crippen MR) is 130 cm³/mol. The van der Waals surface area contributed by atoms with Gasteiger partial charge in [-0.05, 0) is 67.0 Å². The third-order valence-corrected chi connectivity index (χ3v) is 8.48. The normalized spacial score (nSPS) is 19.1. The van der Waals surface area contributed by atoms with Crippen molar-refractivity contribution in [3.8, 4) is 5.75 Å². The third kappa shape index (κ3) is 5.87. The number of ether oxygens (including phenoxy) is 2. The number of hydrogen-bond donors (Lipinski definition) is 1. The predicted octanol–water partition coefficient (Wildman–Crippen LogP) is 4.79. The first kappa shape index (κ1) is 26.5. The summed E-state index contributed by atoms with van der Waals surface area (Å²) in [5, 5.41) is 9.92. The van der Waals surface area contributed by atoms with E-state index in [9.17, 15) is 26.7 Å². The summed E-state index contributed by atoms with van der Waals surface area (Å²) < 4.78 is 78.7. The largest absolute Gasteiger partial charge is 0.493 e. The van der Waals surface area contributed by atoms with Gasteiger partial charge < -0.3 is 14.6 Å². The second-order valence-electron chi connectivity index (χ2n) is 9.19. The van der Waals surface area contributed by atoms with Gasteiger partial charge in [-0.2, -0.15) is 13.2 Å². The summed E-state index contributed by atoms with van der Waals surface area (Å²) in [5.41, 5.74) is 1.31. The number of aryl methyl sites for hydroxylation is 1. The fourth-order valence-electron chi connectivity index (χ4n) is 4.73. The Labute approximate surface area is 209 Å². The number of nitrogens with zero attached hydrogens (tertiary/aromatic N) is 1. The molecule has 6 nitrogen and oxygen atoms in total. The van der Waals surface area contributed by atoms with Gasteiger partial charge in [0.05, 0.1) is 36.3 Å². The SMILES string of the molecule is C=C[C@H]1CCc2cc(CC(F)(F)F)ccc2N1S(=O)(=O)c1ccc(OCC2CCOCC2)c(CO)c1. The molecule has 2 aliphatic rings. The van der Waals surface area contributed by atoms with Crippen LogP contribution < -0.4 is 9.04 Å². The van der Waals surface area contributed by atoms with Crippen molar-refractivity contribution in [2.75, 3.05) is 24.1 Å². The summed E-state index contributed by atoms with van der Waals surface area (Å²) in [7, 11) is -4.11. The fraction of sp³-hybridized carbons (Fsp3) is 0.462. The number of benzene rings is 2. The lowest BCUT2D eigenvalue weighted by Crippen LogP contribution is -2.42. The molecule has 0 saturated carbocycles. The zero-order valence-electron chi connectivity index (χ0n) is 19.8. The van der Waals surface area contributed by atoms with Crippen molar-refractivity contribution in [3.05, 3.63) is 65.7 Å². The molecule has 2 heterocycles. The zero-order chi connectivity index (χ0) is 25.9. The first-order valence-corrected chi connectivity index (χ1v) is 13.4. The van der Waals surface area contributed by atoms with Crippen molar-refractivity contribution in [3.63, 3.8) is 0 Å². The number of hydrogen-bond acceptors (Lipinski definition) is 5. The van der Waals surface area contributed by atoms with Crippen LogP contribution >= 0.6 is 0 Å². The van der Waals surface area contributed by atoms with Gasteiger partial charge >= 0.3 is 6.18 Å². The molecular weight excluding hydrogens is 495 g/mol. The van der Waals surface area contributed by atoms with E-state index in [1.54, 1.807) is 0 Å². The molecule has 0 radical (unpaired) electrons. The number of rotatable bonds is 8. The van der Waals surface area contributed by atoms with Crippen LogP contribution in [-0.2, 0) is 34.2 Å². The average molecular weight is 526 g/mol. The molecule has 0 unspecified atom stereocenters. The highest BCUT2D eigenvalue weighted by molar-refractivity contribution is 7.92. The van der Waals surface area contributed by atoms with E-state index in [0.717, 1.165) is 12.8 Å². The molecule has 1 atom stereocenters. The Balaban J connectivity index is 1.63. The van der Waals surface area contributed by atoms with Crippen LogP contribution in [0.4, 0.5) is 18.9 Å². The van der Waals surface area contributed by atoms with Crippen LogP contribution in [0, 0.1) is 5.92 Å². The Bertz CT molecular complexity index is 1190. The average Bonchev–Trinajstić information content (AvgIpc) is 2.86. The highest BCUT2D eigenvalue weighted by atomic mass is 32.2. The van der Waals surface area contributed by atoms with E-state index in [4.69, 9.17) is 9.47 Å². The number of alkyl halides is 3. The van der Waals surface area contributed by atoms with Crippen LogP contribution in [0.3, 0.4) is 0 Å². The molecule has 0 spiro atoms. The van der Waals surface area contributed by atoms with Crippen molar-refractivity contribution in [1.29, 1.82) is 0 Å². The van der Waals surface area contributed by atoms with E-state index in [1.807, 2.05) is 0 Å². The summed E-state index contributed by atoms with van der Waals surface area (Å²) in [6.45, 7) is 5.17. The molecule has 0 amide bonds. The van der Waals surface area contributed by atoms with Crippen LogP contribution in [0.2, 0.25) is 0 Å². The van der Waals surface area contributed by atoms with Gasteiger partial charge in [-0.1, -0.05) is 18.2 Å². The first-order chi connectivity index (χ1) is 17.1. The second kappa shape index (κ2) is 10.8. The van der Waals surface area contributed by atoms with Crippen LogP contribution in [0.5, 0.6) is 5.75 Å². The summed E-state index contributed by atoms with van der Waals surface area (Å²) in [5.74, 6) is 0.744. The number of sulfonamides is 1. The topological polar surface area (TPSA) is 76.1 Å². The molecule has 4 rings (SSSR count). The van der Waals surface area contributed by atoms with Gasteiger partial charge in [0.1, 0.15) is 5.75 Å². The lowest BCUT2D eigenvalue weighted by Gasteiger charge is -2.36. The molecule has 1 N–H and O–H groups in total. The summed E-state index contributed by atoms with van der Waals surface area (Å²) in [6.07, 6.45) is -1.32. The van der Waals surface area contributed by atoms with E-state index < -0.39 is 35.3 Å². The lowest BCUT2D eigenvalue weighted by atomic mass is 9.95. The van der Waals surface area contributed by atoms with Gasteiger partial charge in [0.15, 0.2) is 0 Å². The van der Waals surface area contributed by atoms with Gasteiger partial charge in [0, 0.05) is 18.8 Å². The van der Waals surface area contributed by atoms with Crippen molar-refractivity contribution >= 4 is 15.7 Å². The minimum atomic E-state index is -4.35. The molecule has 2 aromatic carbocycles. The molecule has 10 heteroatoms. The van der Waals surface area contributed by atoms with Crippen molar-refractivity contribution < 1.29 is 36.2 Å². The van der Waals surface area contributed by atoms with Crippen LogP contribution in [0.15, 0.2) is 53.9 Å². The number of anilines is 1. The van der Waals surface area contributed by atoms with E-state index in [1.165, 1.54) is 46.8 Å². The maximum absolute atomic E-state index is 13.8. The zero-order valence-corrected chi connectivity index (χ0v) is 20.7. The minimum absolute atomic E-state index is 0.0379. The quantitative estimate of drug-likeness (QED) is 0.502. The molecule has 196 valence electrons. The summed E-state index contributed by atoms with van der Waals surface area (Å²) in [6, 6.07) is 7.98. The van der Waals surface area contributed by atoms with E-state index in [0.29, 0.717) is 61.1 Å². The van der Waals surface area contributed by atoms with Crippen LogP contribution in [0.1, 0.15) is 36.0 Å². The number of aliphatic hydroxyl groups is 1. The molecule has 0 aliphatic carbocycles. The lowest BCUT2D eigenvalue weighted by molar-refractivity contribution is -0.127. The Hall–Kier alpha value is -2.56. The molecule has 0 aromatic heterocycles. The van der Waals surface area contributed by atoms with Crippen LogP contribution in [-0.4, -0.2) is 45.6 Å². The van der Waals surface area contributed by atoms with Crippen molar-refractivity contribution in [2.45, 2.75) is 55.8 Å². The van der Waals surface area contributed by atoms with E-state index in [-0.39, 0.29) is 10.5 Å². The van der Waals surface area contributed by atoms with Gasteiger partial charge in [-0.3, -0.25) is 4.31 Å². The minimum Gasteiger partial charge on any atom is -0.493 e. The van der Waals surface area contributed by atoms with Gasteiger partial charge in [-0.25, -0.2) is 8.42 Å². The number of fused-ring (bicyclic) bond motifs is 1. The Morgan fingerprint density at radius 3 is 2.56 bits per heavy atom. The fourth-order valence-corrected chi connectivity index (χ4v) is 6.47. The van der Waals surface area contributed by atoms with Crippen molar-refractivity contribution in [1.82, 2.24) is 0 Å². The molecular formula is C26H30F3NO5S. The Kier molecular flexibility index (Phi) is 7.96. The molecule has 1 fully saturated rings. The van der Waals surface area contributed by atoms with E-state index >= 15 is 0 Å². The van der Waals surface area contributed by atoms with Crippen molar-refractivity contribution in [2.24, 2.45) is 5.92 Å². The molecule has 2 aliphatic heterocycles. The summed E-state index contributed by atoms with van der Waals surface area (Å²) >= 11 is 0. The summed E-state index contributed by atoms with van der Waals surface area (Å²) in [4.78, 5) is -0.0379. The molecule has 0 bridgehead atoms. The Morgan fingerprint density at radius 1 is 1.14 bits per heavy atom. The standard InChI is InChI=1S/C26H30F3NO5S/c1-2-22-5-4-20-13-19(15-26(27,28)29)3-7-24(20)30(22)36(32,33)23-6-8-25(21(14-23)16-31)35-17-18-9-11-34-12-10-18/h2-3,6-8,13-14,18,22,31H,1,4-5,9-12,15-17H2/t22-/m0/s1. The molecule has 2 aromatic rings. The monoisotopic (exact) mass is 525 g/mol. The van der Waals surface area contributed by atoms with Crippen LogP contribution in [0.25, 0.3) is 0 Å². The second-order valence-corrected chi connectivity index (χ2v) is 11.0. The van der Waals surface area contributed by atoms with Gasteiger partial charge in [0.25, 0.3) is 10.0 Å². The third-order valence-electron chi connectivity index (χ3n) is 6.64. The maximum Gasteiger partial charge on any atom is 0.393 e. The van der Waals surface area contributed by atoms with Gasteiger partial charge in [-0.15, -0.1) is 6.58 Å².